The van der Waals surface area contributed by atoms with Crippen molar-refractivity contribution in [3.05, 3.63) is 70.0 Å². The number of nitrogens with zero attached hydrogens (tertiary/aromatic N) is 2. The number of hydrogen-bond donors (Lipinski definition) is 2. The third kappa shape index (κ3) is 5.69. The molecule has 1 aliphatic rings. The summed E-state index contributed by atoms with van der Waals surface area (Å²) >= 11 is 0. The molecule has 2 aromatic carbocycles. The fourth-order valence-electron chi connectivity index (χ4n) is 3.34. The highest BCUT2D eigenvalue weighted by atomic mass is 19.1. The number of carbonyl (C=O) groups is 2. The fraction of sp³-hybridized carbons (Fsp3) is 0.261. The molecule has 1 aliphatic heterocycles. The Kier molecular flexibility index (Phi) is 7.19. The van der Waals surface area contributed by atoms with Gasteiger partial charge in [0.05, 0.1) is 0 Å². The number of anilines is 2. The molecular weight excluding hydrogens is 418 g/mol. The minimum atomic E-state index is -0.530. The van der Waals surface area contributed by atoms with Crippen molar-refractivity contribution < 1.29 is 18.4 Å². The Morgan fingerprint density at radius 1 is 1.03 bits per heavy atom. The van der Waals surface area contributed by atoms with Crippen molar-refractivity contribution in [2.24, 2.45) is 0 Å². The average molecular weight is 442 g/mol. The first-order valence-corrected chi connectivity index (χ1v) is 10.1. The summed E-state index contributed by atoms with van der Waals surface area (Å²) in [6, 6.07) is 11.2. The molecule has 2 heterocycles. The number of carbonyl (C=O) groups excluding carboxylic acids is 2. The molecule has 1 fully saturated rings. The molecule has 32 heavy (non-hydrogen) atoms. The molecule has 1 aromatic heterocycles. The van der Waals surface area contributed by atoms with Gasteiger partial charge in [-0.25, -0.2) is 8.78 Å². The van der Waals surface area contributed by atoms with E-state index in [1.54, 1.807) is 23.1 Å². The third-order valence-electron chi connectivity index (χ3n) is 5.14. The van der Waals surface area contributed by atoms with Crippen LogP contribution >= 0.6 is 0 Å². The number of piperazine rings is 1. The number of aromatic nitrogens is 1. The Morgan fingerprint density at radius 2 is 1.69 bits per heavy atom. The van der Waals surface area contributed by atoms with Crippen molar-refractivity contribution in [3.8, 4) is 0 Å². The lowest BCUT2D eigenvalue weighted by Crippen LogP contribution is -2.45. The number of hydrogen-bond acceptors (Lipinski definition) is 4. The van der Waals surface area contributed by atoms with E-state index in [0.29, 0.717) is 31.9 Å². The fourth-order valence-corrected chi connectivity index (χ4v) is 3.34. The smallest absolute Gasteiger partial charge is 0.248 e. The molecule has 7 nitrogen and oxygen atoms in total. The molecule has 168 valence electrons. The summed E-state index contributed by atoms with van der Waals surface area (Å²) < 4.78 is 26.8. The van der Waals surface area contributed by atoms with Crippen LogP contribution in [0.3, 0.4) is 0 Å². The van der Waals surface area contributed by atoms with Crippen LogP contribution < -0.4 is 15.8 Å². The molecule has 3 aromatic rings. The van der Waals surface area contributed by atoms with Crippen LogP contribution in [-0.2, 0) is 9.59 Å². The van der Waals surface area contributed by atoms with Gasteiger partial charge in [-0.05, 0) is 43.3 Å². The van der Waals surface area contributed by atoms with Gasteiger partial charge in [0, 0.05) is 67.0 Å². The van der Waals surface area contributed by atoms with Crippen LogP contribution in [0.4, 0.5) is 20.2 Å². The van der Waals surface area contributed by atoms with Gasteiger partial charge in [-0.15, -0.1) is 0 Å². The summed E-state index contributed by atoms with van der Waals surface area (Å²) in [5.41, 5.74) is 1.94. The van der Waals surface area contributed by atoms with E-state index in [1.807, 2.05) is 11.0 Å². The highest BCUT2D eigenvalue weighted by Gasteiger charge is 2.18. The summed E-state index contributed by atoms with van der Waals surface area (Å²) in [5, 5.41) is 3.57. The largest absolute Gasteiger partial charge is 0.368 e. The van der Waals surface area contributed by atoms with E-state index in [4.69, 9.17) is 0 Å². The highest BCUT2D eigenvalue weighted by Crippen LogP contribution is 2.22. The number of fused-ring (bicyclic) bond motifs is 1. The number of nitrogens with one attached hydrogen (secondary N) is 2. The second-order valence-electron chi connectivity index (χ2n) is 7.47. The zero-order valence-electron chi connectivity index (χ0n) is 17.8. The number of rotatable bonds is 3. The van der Waals surface area contributed by atoms with E-state index in [0.717, 1.165) is 23.0 Å². The van der Waals surface area contributed by atoms with E-state index >= 15 is 0 Å². The zero-order chi connectivity index (χ0) is 23.3. The number of pyridine rings is 1. The zero-order valence-corrected chi connectivity index (χ0v) is 17.8. The molecule has 0 bridgehead atoms. The number of benzene rings is 2. The first kappa shape index (κ1) is 22.9. The molecule has 2 amide bonds. The first-order valence-electron chi connectivity index (χ1n) is 10.1. The quantitative estimate of drug-likeness (QED) is 0.611. The van der Waals surface area contributed by atoms with Gasteiger partial charge < -0.3 is 20.1 Å². The van der Waals surface area contributed by atoms with Gasteiger partial charge in [0.1, 0.15) is 11.6 Å². The minimum Gasteiger partial charge on any atom is -0.368 e. The number of amides is 2. The predicted molar refractivity (Wildman–Crippen MR) is 120 cm³/mol. The molecule has 0 atom stereocenters. The van der Waals surface area contributed by atoms with Gasteiger partial charge in [-0.1, -0.05) is 0 Å². The summed E-state index contributed by atoms with van der Waals surface area (Å²) in [7, 11) is 0. The average Bonchev–Trinajstić information content (AvgIpc) is 2.77. The lowest BCUT2D eigenvalue weighted by molar-refractivity contribution is -0.118. The monoisotopic (exact) mass is 442 g/mol. The maximum absolute atomic E-state index is 13.4. The molecule has 9 heteroatoms. The lowest BCUT2D eigenvalue weighted by Gasteiger charge is -2.34. The molecule has 0 spiro atoms. The van der Waals surface area contributed by atoms with Crippen molar-refractivity contribution in [3.63, 3.8) is 0 Å². The normalized spacial score (nSPS) is 13.4. The van der Waals surface area contributed by atoms with Crippen LogP contribution in [-0.4, -0.2) is 48.4 Å². The van der Waals surface area contributed by atoms with Crippen LogP contribution in [0.1, 0.15) is 12.5 Å². The van der Waals surface area contributed by atoms with Crippen LogP contribution in [0.15, 0.2) is 47.3 Å². The van der Waals surface area contributed by atoms with Gasteiger partial charge >= 0.3 is 0 Å². The number of aromatic amines is 1. The van der Waals surface area contributed by atoms with Crippen molar-refractivity contribution >= 4 is 34.6 Å². The van der Waals surface area contributed by atoms with Crippen LogP contribution in [0, 0.1) is 18.6 Å². The molecule has 0 unspecified atom stereocenters. The third-order valence-corrected chi connectivity index (χ3v) is 5.14. The van der Waals surface area contributed by atoms with E-state index < -0.39 is 11.6 Å². The van der Waals surface area contributed by atoms with Gasteiger partial charge in [0.15, 0.2) is 0 Å². The highest BCUT2D eigenvalue weighted by molar-refractivity contribution is 5.92. The molecule has 1 saturated heterocycles. The number of H-pyrrole nitrogens is 1. The maximum atomic E-state index is 13.4. The molecule has 0 saturated carbocycles. The summed E-state index contributed by atoms with van der Waals surface area (Å²) in [4.78, 5) is 38.6. The van der Waals surface area contributed by atoms with E-state index in [1.165, 1.54) is 32.0 Å². The summed E-state index contributed by atoms with van der Waals surface area (Å²) in [5.74, 6) is -1.17. The molecular formula is C23H24F2N4O3. The molecule has 2 N–H and O–H groups in total. The van der Waals surface area contributed by atoms with E-state index in [9.17, 15) is 23.2 Å². The Balaban J connectivity index is 0.000000182. The first-order chi connectivity index (χ1) is 15.3. The van der Waals surface area contributed by atoms with Crippen LogP contribution in [0.2, 0.25) is 0 Å². The minimum absolute atomic E-state index is 0.0419. The van der Waals surface area contributed by atoms with E-state index in [2.05, 4.69) is 10.3 Å². The van der Waals surface area contributed by atoms with Crippen molar-refractivity contribution in [1.82, 2.24) is 9.88 Å². The molecule has 0 aliphatic carbocycles. The Hall–Kier alpha value is -3.75. The lowest BCUT2D eigenvalue weighted by atomic mass is 10.1. The van der Waals surface area contributed by atoms with Gasteiger partial charge in [0.2, 0.25) is 17.9 Å². The topological polar surface area (TPSA) is 85.5 Å². The SMILES string of the molecule is CC(=O)Nc1ccc2[nH]c(=O)ccc2c1.Cc1c(F)cc(N2CCN(C=O)CC2)cc1F. The second-order valence-corrected chi connectivity index (χ2v) is 7.47. The maximum Gasteiger partial charge on any atom is 0.248 e. The van der Waals surface area contributed by atoms with Crippen LogP contribution in [0.25, 0.3) is 10.9 Å². The van der Waals surface area contributed by atoms with Gasteiger partial charge in [0.25, 0.3) is 0 Å². The van der Waals surface area contributed by atoms with E-state index in [-0.39, 0.29) is 17.0 Å². The summed E-state index contributed by atoms with van der Waals surface area (Å²) in [6.07, 6.45) is 0.799. The van der Waals surface area contributed by atoms with Gasteiger partial charge in [-0.2, -0.15) is 0 Å². The Bertz CT molecular complexity index is 1160. The molecule has 0 radical (unpaired) electrons. The second kappa shape index (κ2) is 10.0. The number of halogens is 2. The van der Waals surface area contributed by atoms with Gasteiger partial charge in [-0.3, -0.25) is 14.4 Å². The van der Waals surface area contributed by atoms with Crippen LogP contribution in [0.5, 0.6) is 0 Å². The van der Waals surface area contributed by atoms with Crippen molar-refractivity contribution in [1.29, 1.82) is 0 Å². The standard InChI is InChI=1S/C12H14F2N2O.C11H10N2O2/c1-9-11(13)6-10(7-12(9)14)16-4-2-15(8-17)3-5-16;1-7(14)12-9-3-4-10-8(6-9)2-5-11(15)13-10/h6-8H,2-5H2,1H3;2-6H,1H3,(H,12,14)(H,13,15). The Labute approximate surface area is 183 Å². The Morgan fingerprint density at radius 3 is 2.28 bits per heavy atom. The van der Waals surface area contributed by atoms with Crippen molar-refractivity contribution in [2.75, 3.05) is 36.4 Å². The van der Waals surface area contributed by atoms with Crippen molar-refractivity contribution in [2.45, 2.75) is 13.8 Å². The predicted octanol–water partition coefficient (Wildman–Crippen LogP) is 3.04. The summed E-state index contributed by atoms with van der Waals surface area (Å²) in [6.45, 7) is 5.23. The molecule has 4 rings (SSSR count).